The number of hydrogen-bond acceptors (Lipinski definition) is 6. The van der Waals surface area contributed by atoms with Gasteiger partial charge in [-0.15, -0.1) is 0 Å². The lowest BCUT2D eigenvalue weighted by Gasteiger charge is -2.37. The first-order valence-corrected chi connectivity index (χ1v) is 10.2. The lowest BCUT2D eigenvalue weighted by molar-refractivity contribution is -0.146. The highest BCUT2D eigenvalue weighted by molar-refractivity contribution is 5.99. The van der Waals surface area contributed by atoms with Crippen molar-refractivity contribution in [2.24, 2.45) is 0 Å². The Morgan fingerprint density at radius 1 is 1.20 bits per heavy atom. The summed E-state index contributed by atoms with van der Waals surface area (Å²) in [4.78, 5) is 29.1. The summed E-state index contributed by atoms with van der Waals surface area (Å²) in [6, 6.07) is 6.12. The normalized spacial score (nSPS) is 28.2. The fourth-order valence-corrected chi connectivity index (χ4v) is 3.93. The molecular formula is C22H29N3O5. The Morgan fingerprint density at radius 2 is 1.97 bits per heavy atom. The van der Waals surface area contributed by atoms with Gasteiger partial charge in [-0.3, -0.25) is 9.59 Å². The van der Waals surface area contributed by atoms with Gasteiger partial charge in [-0.05, 0) is 44.4 Å². The van der Waals surface area contributed by atoms with E-state index < -0.39 is 6.04 Å². The maximum Gasteiger partial charge on any atom is 0.258 e. The van der Waals surface area contributed by atoms with Gasteiger partial charge in [0.1, 0.15) is 24.5 Å². The third-order valence-electron chi connectivity index (χ3n) is 6.02. The summed E-state index contributed by atoms with van der Waals surface area (Å²) >= 11 is 0. The number of fused-ring (bicyclic) bond motifs is 3. The molecule has 0 N–H and O–H groups in total. The van der Waals surface area contributed by atoms with E-state index in [1.807, 2.05) is 6.07 Å². The van der Waals surface area contributed by atoms with E-state index in [2.05, 4.69) is 0 Å². The zero-order valence-electron chi connectivity index (χ0n) is 18.0. The molecule has 1 saturated heterocycles. The maximum atomic E-state index is 13.2. The van der Waals surface area contributed by atoms with Crippen LogP contribution < -0.4 is 4.74 Å². The largest absolute Gasteiger partial charge is 0.490 e. The van der Waals surface area contributed by atoms with E-state index in [-0.39, 0.29) is 42.3 Å². The summed E-state index contributed by atoms with van der Waals surface area (Å²) in [7, 11) is 4.98. The van der Waals surface area contributed by atoms with Gasteiger partial charge < -0.3 is 24.0 Å². The number of carbonyl (C=O) groups excluding carboxylic acids is 2. The second-order valence-electron chi connectivity index (χ2n) is 7.92. The van der Waals surface area contributed by atoms with E-state index in [9.17, 15) is 14.9 Å². The van der Waals surface area contributed by atoms with E-state index in [1.54, 1.807) is 45.2 Å². The SMILES string of the molecule is CO[C@@H]1CC[C@H]2CCN(C)C(=O)[C@H](C)N(C)C(=O)c3cc(C#N)ccc3OC[C@@H]1O2. The smallest absolute Gasteiger partial charge is 0.258 e. The Balaban J connectivity index is 1.98. The zero-order chi connectivity index (χ0) is 21.8. The molecular weight excluding hydrogens is 386 g/mol. The summed E-state index contributed by atoms with van der Waals surface area (Å²) < 4.78 is 17.8. The molecule has 2 bridgehead atoms. The molecule has 0 unspecified atom stereocenters. The van der Waals surface area contributed by atoms with Crippen LogP contribution in [0, 0.1) is 11.3 Å². The Morgan fingerprint density at radius 3 is 2.67 bits per heavy atom. The molecule has 0 radical (unpaired) electrons. The first-order chi connectivity index (χ1) is 14.3. The van der Waals surface area contributed by atoms with Crippen molar-refractivity contribution in [2.75, 3.05) is 34.4 Å². The molecule has 3 rings (SSSR count). The number of nitrogens with zero attached hydrogens (tertiary/aromatic N) is 3. The molecule has 2 aliphatic heterocycles. The predicted octanol–water partition coefficient (Wildman–Crippen LogP) is 1.82. The standard InChI is InChI=1S/C22H29N3O5/c1-14-21(26)24(2)10-9-16-6-8-19(28-4)20(30-16)13-29-18-7-5-15(12-23)11-17(18)22(27)25(14)3/h5,7,11,14,16,19-20H,6,8-10,13H2,1-4H3/t14-,16-,19+,20-/m0/s1. The molecule has 8 nitrogen and oxygen atoms in total. The van der Waals surface area contributed by atoms with E-state index in [1.165, 1.54) is 11.0 Å². The van der Waals surface area contributed by atoms with Crippen LogP contribution in [-0.4, -0.2) is 80.3 Å². The number of hydrogen-bond donors (Lipinski definition) is 0. The number of amides is 2. The van der Waals surface area contributed by atoms with Crippen LogP contribution in [0.2, 0.25) is 0 Å². The van der Waals surface area contributed by atoms with Gasteiger partial charge in [-0.1, -0.05) is 0 Å². The highest BCUT2D eigenvalue weighted by Gasteiger charge is 2.34. The molecule has 4 atom stereocenters. The number of likely N-dealkylation sites (N-methyl/N-ethyl adjacent to an activating group) is 2. The summed E-state index contributed by atoms with van der Waals surface area (Å²) in [6.07, 6.45) is 2.03. The van der Waals surface area contributed by atoms with Crippen LogP contribution >= 0.6 is 0 Å². The molecule has 8 heteroatoms. The molecule has 162 valence electrons. The van der Waals surface area contributed by atoms with Crippen LogP contribution in [0.25, 0.3) is 0 Å². The molecule has 2 amide bonds. The Bertz CT molecular complexity index is 837. The van der Waals surface area contributed by atoms with Gasteiger partial charge in [0.2, 0.25) is 5.91 Å². The van der Waals surface area contributed by atoms with Crippen molar-refractivity contribution in [2.45, 2.75) is 50.5 Å². The van der Waals surface area contributed by atoms with Gasteiger partial charge in [-0.25, -0.2) is 0 Å². The molecule has 1 aromatic rings. The summed E-state index contributed by atoms with van der Waals surface area (Å²) in [5, 5.41) is 9.27. The third kappa shape index (κ3) is 4.58. The van der Waals surface area contributed by atoms with Crippen molar-refractivity contribution < 1.29 is 23.8 Å². The number of carbonyl (C=O) groups is 2. The van der Waals surface area contributed by atoms with Crippen molar-refractivity contribution in [3.63, 3.8) is 0 Å². The van der Waals surface area contributed by atoms with Gasteiger partial charge in [0.15, 0.2) is 0 Å². The summed E-state index contributed by atoms with van der Waals surface area (Å²) in [5.74, 6) is -0.167. The van der Waals surface area contributed by atoms with Crippen LogP contribution in [0.3, 0.4) is 0 Å². The fraction of sp³-hybridized carbons (Fsp3) is 0.591. The second kappa shape index (κ2) is 9.45. The number of methoxy groups -OCH3 is 1. The fourth-order valence-electron chi connectivity index (χ4n) is 3.93. The van der Waals surface area contributed by atoms with Crippen LogP contribution in [0.4, 0.5) is 0 Å². The number of rotatable bonds is 1. The van der Waals surface area contributed by atoms with Crippen molar-refractivity contribution in [1.82, 2.24) is 9.80 Å². The maximum absolute atomic E-state index is 13.2. The van der Waals surface area contributed by atoms with Gasteiger partial charge in [0.05, 0.1) is 29.4 Å². The van der Waals surface area contributed by atoms with Crippen molar-refractivity contribution >= 4 is 11.8 Å². The van der Waals surface area contributed by atoms with Crippen molar-refractivity contribution in [3.05, 3.63) is 29.3 Å². The van der Waals surface area contributed by atoms with E-state index in [0.717, 1.165) is 12.8 Å². The monoisotopic (exact) mass is 415 g/mol. The Labute approximate surface area is 177 Å². The number of benzene rings is 1. The van der Waals surface area contributed by atoms with E-state index in [0.29, 0.717) is 24.3 Å². The average Bonchev–Trinajstić information content (AvgIpc) is 2.78. The molecule has 2 heterocycles. The average molecular weight is 415 g/mol. The van der Waals surface area contributed by atoms with Gasteiger partial charge in [-0.2, -0.15) is 5.26 Å². The highest BCUT2D eigenvalue weighted by Crippen LogP contribution is 2.28. The van der Waals surface area contributed by atoms with Crippen LogP contribution in [0.15, 0.2) is 18.2 Å². The van der Waals surface area contributed by atoms with Gasteiger partial charge in [0.25, 0.3) is 5.91 Å². The van der Waals surface area contributed by atoms with E-state index >= 15 is 0 Å². The van der Waals surface area contributed by atoms with Gasteiger partial charge in [0, 0.05) is 27.7 Å². The zero-order valence-corrected chi connectivity index (χ0v) is 18.0. The topological polar surface area (TPSA) is 92.1 Å². The number of ether oxygens (including phenoxy) is 3. The molecule has 1 aromatic carbocycles. The Kier molecular flexibility index (Phi) is 6.95. The molecule has 2 aliphatic rings. The molecule has 0 aliphatic carbocycles. The second-order valence-corrected chi connectivity index (χ2v) is 7.92. The Hall–Kier alpha value is -2.63. The van der Waals surface area contributed by atoms with Crippen molar-refractivity contribution in [3.8, 4) is 11.8 Å². The minimum absolute atomic E-state index is 0.0123. The predicted molar refractivity (Wildman–Crippen MR) is 109 cm³/mol. The third-order valence-corrected chi connectivity index (χ3v) is 6.02. The molecule has 30 heavy (non-hydrogen) atoms. The van der Waals surface area contributed by atoms with Crippen LogP contribution in [0.5, 0.6) is 5.75 Å². The molecule has 0 aromatic heterocycles. The quantitative estimate of drug-likeness (QED) is 0.695. The summed E-state index contributed by atoms with van der Waals surface area (Å²) in [6.45, 7) is 2.47. The highest BCUT2D eigenvalue weighted by atomic mass is 16.6. The first kappa shape index (κ1) is 22.1. The lowest BCUT2D eigenvalue weighted by atomic mass is 9.99. The van der Waals surface area contributed by atoms with Gasteiger partial charge >= 0.3 is 0 Å². The molecule has 1 fully saturated rings. The molecule has 0 spiro atoms. The minimum Gasteiger partial charge on any atom is -0.490 e. The first-order valence-electron chi connectivity index (χ1n) is 10.2. The minimum atomic E-state index is -0.651. The van der Waals surface area contributed by atoms with Crippen molar-refractivity contribution in [1.29, 1.82) is 5.26 Å². The number of nitriles is 1. The summed E-state index contributed by atoms with van der Waals surface area (Å²) in [5.41, 5.74) is 0.595. The van der Waals surface area contributed by atoms with Crippen LogP contribution in [-0.2, 0) is 14.3 Å². The van der Waals surface area contributed by atoms with E-state index in [4.69, 9.17) is 14.2 Å². The lowest BCUT2D eigenvalue weighted by Crippen LogP contribution is -2.48. The van der Waals surface area contributed by atoms with Crippen LogP contribution in [0.1, 0.15) is 42.1 Å². The molecule has 0 saturated carbocycles.